The van der Waals surface area contributed by atoms with E-state index in [0.717, 1.165) is 55.3 Å². The predicted octanol–water partition coefficient (Wildman–Crippen LogP) is 9.29. The largest absolute Gasteiger partial charge is 0.309 e. The van der Waals surface area contributed by atoms with Gasteiger partial charge in [0.05, 0.1) is 38.9 Å². The van der Waals surface area contributed by atoms with Gasteiger partial charge in [-0.05, 0) is 54.1 Å². The Labute approximate surface area is 242 Å². The van der Waals surface area contributed by atoms with E-state index >= 15 is 0 Å². The second kappa shape index (κ2) is 9.24. The molecule has 0 saturated heterocycles. The number of hydrogen-bond donors (Lipinski definition) is 0. The molecule has 0 aliphatic heterocycles. The molecule has 0 radical (unpaired) electrons. The summed E-state index contributed by atoms with van der Waals surface area (Å²) in [7, 11) is 0. The first-order chi connectivity index (χ1) is 20.8. The average molecular weight is 535 g/mol. The highest BCUT2D eigenvalue weighted by Gasteiger charge is 2.19. The number of aromatic nitrogens is 2. The van der Waals surface area contributed by atoms with Crippen molar-refractivity contribution >= 4 is 43.6 Å². The summed E-state index contributed by atoms with van der Waals surface area (Å²) in [6.45, 7) is 0. The lowest BCUT2D eigenvalue weighted by molar-refractivity contribution is 1.17. The quantitative estimate of drug-likeness (QED) is 0.227. The standard InChI is InChI=1S/C38H22N4/c39-23-26-21-33(38(22-27(26)24-40)42-36-18-7-3-14-31(36)32-15-4-8-19-37(32)42)25-10-9-11-28(20-25)41-34-16-5-1-12-29(34)30-13-2-6-17-35(30)41/h1-22H. The van der Waals surface area contributed by atoms with Crippen molar-refractivity contribution in [2.24, 2.45) is 0 Å². The van der Waals surface area contributed by atoms with Crippen molar-refractivity contribution in [3.8, 4) is 34.6 Å². The van der Waals surface area contributed by atoms with Gasteiger partial charge in [-0.1, -0.05) is 84.9 Å². The summed E-state index contributed by atoms with van der Waals surface area (Å²) in [6.07, 6.45) is 0. The van der Waals surface area contributed by atoms with Crippen molar-refractivity contribution in [1.29, 1.82) is 10.5 Å². The molecule has 0 aliphatic rings. The smallest absolute Gasteiger partial charge is 0.101 e. The topological polar surface area (TPSA) is 57.4 Å². The predicted molar refractivity (Wildman–Crippen MR) is 170 cm³/mol. The minimum atomic E-state index is 0.358. The second-order valence-electron chi connectivity index (χ2n) is 10.4. The third kappa shape index (κ3) is 3.40. The molecule has 2 aromatic heterocycles. The first-order valence-corrected chi connectivity index (χ1v) is 13.8. The van der Waals surface area contributed by atoms with E-state index in [-0.39, 0.29) is 0 Å². The van der Waals surface area contributed by atoms with Gasteiger partial charge in [-0.3, -0.25) is 0 Å². The first kappa shape index (κ1) is 23.8. The summed E-state index contributed by atoms with van der Waals surface area (Å²) in [5, 5.41) is 24.7. The van der Waals surface area contributed by atoms with Crippen LogP contribution in [-0.4, -0.2) is 9.13 Å². The fraction of sp³-hybridized carbons (Fsp3) is 0. The maximum Gasteiger partial charge on any atom is 0.101 e. The third-order valence-corrected chi connectivity index (χ3v) is 8.19. The Morgan fingerprint density at radius 2 is 0.881 bits per heavy atom. The van der Waals surface area contributed by atoms with Crippen LogP contribution in [0.25, 0.3) is 66.1 Å². The van der Waals surface area contributed by atoms with E-state index in [0.29, 0.717) is 11.1 Å². The number of rotatable bonds is 3. The van der Waals surface area contributed by atoms with Gasteiger partial charge in [-0.2, -0.15) is 10.5 Å². The molecule has 0 saturated carbocycles. The molecule has 4 heteroatoms. The minimum Gasteiger partial charge on any atom is -0.309 e. The Morgan fingerprint density at radius 1 is 0.429 bits per heavy atom. The van der Waals surface area contributed by atoms with Crippen LogP contribution in [0.3, 0.4) is 0 Å². The fourth-order valence-corrected chi connectivity index (χ4v) is 6.38. The Hall–Kier alpha value is -6.10. The molecule has 8 aromatic rings. The molecule has 0 spiro atoms. The highest BCUT2D eigenvalue weighted by molar-refractivity contribution is 6.10. The van der Waals surface area contributed by atoms with Gasteiger partial charge in [0, 0.05) is 32.8 Å². The maximum atomic E-state index is 10.0. The Morgan fingerprint density at radius 3 is 1.38 bits per heavy atom. The van der Waals surface area contributed by atoms with Gasteiger partial charge < -0.3 is 9.13 Å². The molecule has 0 N–H and O–H groups in total. The molecule has 2 heterocycles. The number of fused-ring (bicyclic) bond motifs is 6. The van der Waals surface area contributed by atoms with E-state index in [1.54, 1.807) is 0 Å². The molecule has 0 aliphatic carbocycles. The van der Waals surface area contributed by atoms with Crippen molar-refractivity contribution in [2.45, 2.75) is 0 Å². The van der Waals surface area contributed by atoms with Crippen LogP contribution in [0.2, 0.25) is 0 Å². The van der Waals surface area contributed by atoms with Gasteiger partial charge in [-0.25, -0.2) is 0 Å². The number of benzene rings is 6. The van der Waals surface area contributed by atoms with E-state index in [9.17, 15) is 10.5 Å². The van der Waals surface area contributed by atoms with Gasteiger partial charge in [0.25, 0.3) is 0 Å². The van der Waals surface area contributed by atoms with E-state index in [1.165, 1.54) is 10.8 Å². The zero-order valence-corrected chi connectivity index (χ0v) is 22.5. The van der Waals surface area contributed by atoms with Crippen LogP contribution in [0.15, 0.2) is 133 Å². The van der Waals surface area contributed by atoms with Crippen LogP contribution >= 0.6 is 0 Å². The highest BCUT2D eigenvalue weighted by Crippen LogP contribution is 2.39. The number of hydrogen-bond acceptors (Lipinski definition) is 2. The van der Waals surface area contributed by atoms with Gasteiger partial charge in [0.2, 0.25) is 0 Å². The molecule has 0 bridgehead atoms. The van der Waals surface area contributed by atoms with Crippen molar-refractivity contribution in [1.82, 2.24) is 9.13 Å². The summed E-state index contributed by atoms with van der Waals surface area (Å²) in [5.74, 6) is 0. The van der Waals surface area contributed by atoms with Gasteiger partial charge >= 0.3 is 0 Å². The lowest BCUT2D eigenvalue weighted by Gasteiger charge is -2.17. The van der Waals surface area contributed by atoms with E-state index < -0.39 is 0 Å². The lowest BCUT2D eigenvalue weighted by atomic mass is 9.97. The summed E-state index contributed by atoms with van der Waals surface area (Å²) >= 11 is 0. The minimum absolute atomic E-state index is 0.358. The zero-order chi connectivity index (χ0) is 28.2. The zero-order valence-electron chi connectivity index (χ0n) is 22.5. The third-order valence-electron chi connectivity index (χ3n) is 8.19. The van der Waals surface area contributed by atoms with Crippen LogP contribution in [0, 0.1) is 22.7 Å². The molecule has 4 nitrogen and oxygen atoms in total. The molecular weight excluding hydrogens is 512 g/mol. The van der Waals surface area contributed by atoms with Crippen LogP contribution < -0.4 is 0 Å². The SMILES string of the molecule is N#Cc1cc(-c2cccc(-n3c4ccccc4c4ccccc43)c2)c(-n2c3ccccc3c3ccccc32)cc1C#N. The van der Waals surface area contributed by atoms with Crippen LogP contribution in [0.5, 0.6) is 0 Å². The fourth-order valence-electron chi connectivity index (χ4n) is 6.38. The molecule has 0 fully saturated rings. The molecule has 0 amide bonds. The molecular formula is C38H22N4. The first-order valence-electron chi connectivity index (χ1n) is 13.8. The number of para-hydroxylation sites is 4. The summed E-state index contributed by atoms with van der Waals surface area (Å²) < 4.78 is 4.51. The Balaban J connectivity index is 1.45. The van der Waals surface area contributed by atoms with E-state index in [4.69, 9.17) is 0 Å². The van der Waals surface area contributed by atoms with E-state index in [1.807, 2.05) is 24.3 Å². The number of nitrogens with zero attached hydrogens (tertiary/aromatic N) is 4. The molecule has 42 heavy (non-hydrogen) atoms. The van der Waals surface area contributed by atoms with Crippen molar-refractivity contribution in [3.63, 3.8) is 0 Å². The molecule has 8 rings (SSSR count). The highest BCUT2D eigenvalue weighted by atomic mass is 15.0. The lowest BCUT2D eigenvalue weighted by Crippen LogP contribution is -2.01. The summed E-state index contributed by atoms with van der Waals surface area (Å²) in [6, 6.07) is 50.3. The average Bonchev–Trinajstić information content (AvgIpc) is 3.57. The molecule has 0 unspecified atom stereocenters. The van der Waals surface area contributed by atoms with Crippen molar-refractivity contribution < 1.29 is 0 Å². The number of nitriles is 2. The van der Waals surface area contributed by atoms with Gasteiger partial charge in [0.15, 0.2) is 0 Å². The van der Waals surface area contributed by atoms with Crippen molar-refractivity contribution in [3.05, 3.63) is 145 Å². The summed E-state index contributed by atoms with van der Waals surface area (Å²) in [4.78, 5) is 0. The van der Waals surface area contributed by atoms with Crippen molar-refractivity contribution in [2.75, 3.05) is 0 Å². The monoisotopic (exact) mass is 534 g/mol. The normalized spacial score (nSPS) is 11.3. The van der Waals surface area contributed by atoms with Gasteiger partial charge in [0.1, 0.15) is 12.1 Å². The van der Waals surface area contributed by atoms with E-state index in [2.05, 4.69) is 130 Å². The summed E-state index contributed by atoms with van der Waals surface area (Å²) in [5.41, 5.74) is 8.83. The van der Waals surface area contributed by atoms with Gasteiger partial charge in [-0.15, -0.1) is 0 Å². The Kier molecular flexibility index (Phi) is 5.22. The van der Waals surface area contributed by atoms with Crippen LogP contribution in [-0.2, 0) is 0 Å². The molecule has 194 valence electrons. The molecule has 6 aromatic carbocycles. The van der Waals surface area contributed by atoms with Crippen LogP contribution in [0.4, 0.5) is 0 Å². The second-order valence-corrected chi connectivity index (χ2v) is 10.4. The Bertz CT molecular complexity index is 2340. The maximum absolute atomic E-state index is 10.0. The van der Waals surface area contributed by atoms with Crippen LogP contribution in [0.1, 0.15) is 11.1 Å². The molecule has 0 atom stereocenters.